The summed E-state index contributed by atoms with van der Waals surface area (Å²) in [5.41, 5.74) is 0.0505. The topological polar surface area (TPSA) is 80.9 Å². The summed E-state index contributed by atoms with van der Waals surface area (Å²) >= 11 is 0. The molecule has 33 heavy (non-hydrogen) atoms. The van der Waals surface area contributed by atoms with Crippen LogP contribution in [0.5, 0.6) is 0 Å². The van der Waals surface area contributed by atoms with Crippen LogP contribution >= 0.6 is 0 Å². The molecule has 6 atom stereocenters. The molecule has 4 N–H and O–H groups in total. The van der Waals surface area contributed by atoms with E-state index in [9.17, 15) is 20.4 Å². The third-order valence-corrected chi connectivity index (χ3v) is 9.11. The fourth-order valence-corrected chi connectivity index (χ4v) is 6.39. The quantitative estimate of drug-likeness (QED) is 0.207. The number of aliphatic hydroxyl groups is 4. The van der Waals surface area contributed by atoms with Gasteiger partial charge in [-0.2, -0.15) is 0 Å². The Morgan fingerprint density at radius 3 is 1.12 bits per heavy atom. The van der Waals surface area contributed by atoms with E-state index in [2.05, 4.69) is 27.7 Å². The van der Waals surface area contributed by atoms with Gasteiger partial charge in [-0.15, -0.1) is 0 Å². The predicted molar refractivity (Wildman–Crippen MR) is 137 cm³/mol. The Kier molecular flexibility index (Phi) is 12.2. The Hall–Kier alpha value is -0.160. The maximum absolute atomic E-state index is 10.8. The Morgan fingerprint density at radius 1 is 0.515 bits per heavy atom. The van der Waals surface area contributed by atoms with E-state index < -0.39 is 0 Å². The minimum absolute atomic E-state index is 0.0253. The molecule has 196 valence electrons. The molecule has 2 aliphatic rings. The lowest BCUT2D eigenvalue weighted by atomic mass is 9.86. The normalized spacial score (nSPS) is 30.9. The van der Waals surface area contributed by atoms with Crippen molar-refractivity contribution in [1.82, 2.24) is 0 Å². The number of hydrogen-bond acceptors (Lipinski definition) is 4. The van der Waals surface area contributed by atoms with Crippen molar-refractivity contribution in [2.45, 2.75) is 136 Å². The predicted octanol–water partition coefficient (Wildman–Crippen LogP) is 6.09. The van der Waals surface area contributed by atoms with Crippen molar-refractivity contribution in [2.24, 2.45) is 34.5 Å². The van der Waals surface area contributed by atoms with Crippen LogP contribution < -0.4 is 0 Å². The number of unbranched alkanes of at least 4 members (excludes halogenated alkanes) is 2. The van der Waals surface area contributed by atoms with E-state index in [0.717, 1.165) is 96.3 Å². The molecule has 0 spiro atoms. The third-order valence-electron chi connectivity index (χ3n) is 9.11. The van der Waals surface area contributed by atoms with Crippen molar-refractivity contribution in [2.75, 3.05) is 13.2 Å². The Bertz CT molecular complexity index is 486. The summed E-state index contributed by atoms with van der Waals surface area (Å²) in [4.78, 5) is 0. The van der Waals surface area contributed by atoms with Gasteiger partial charge in [-0.1, -0.05) is 59.8 Å². The van der Waals surface area contributed by atoms with E-state index in [1.807, 2.05) is 0 Å². The van der Waals surface area contributed by atoms with Gasteiger partial charge in [0, 0.05) is 13.2 Å². The minimum Gasteiger partial charge on any atom is -0.396 e. The zero-order valence-electron chi connectivity index (χ0n) is 22.3. The highest BCUT2D eigenvalue weighted by Crippen LogP contribution is 2.41. The van der Waals surface area contributed by atoms with Gasteiger partial charge in [0.25, 0.3) is 0 Å². The molecule has 2 rings (SSSR count). The molecule has 0 bridgehead atoms. The molecule has 0 saturated heterocycles. The van der Waals surface area contributed by atoms with Crippen molar-refractivity contribution < 1.29 is 20.4 Å². The molecule has 0 radical (unpaired) electrons. The molecule has 6 unspecified atom stereocenters. The molecular formula is C29H56O4. The lowest BCUT2D eigenvalue weighted by Crippen LogP contribution is -2.23. The monoisotopic (exact) mass is 468 g/mol. The van der Waals surface area contributed by atoms with Crippen LogP contribution in [0.4, 0.5) is 0 Å². The number of aliphatic hydroxyl groups excluding tert-OH is 4. The van der Waals surface area contributed by atoms with Gasteiger partial charge < -0.3 is 20.4 Å². The average molecular weight is 469 g/mol. The van der Waals surface area contributed by atoms with E-state index in [-0.39, 0.29) is 36.3 Å². The van der Waals surface area contributed by atoms with Gasteiger partial charge in [0.05, 0.1) is 12.2 Å². The molecule has 0 aromatic carbocycles. The van der Waals surface area contributed by atoms with Gasteiger partial charge in [-0.25, -0.2) is 0 Å². The van der Waals surface area contributed by atoms with E-state index in [1.54, 1.807) is 0 Å². The standard InChI is InChI=1S/C29H56O4/c1-28(2,20-30)18-7-5-10-22-14-16-24(26(22)32)12-9-13-25-17-15-23(27(25)33)11-6-8-19-29(3,4)21-31/h22-27,30-33H,5-21H2,1-4H3. The van der Waals surface area contributed by atoms with E-state index in [1.165, 1.54) is 0 Å². The van der Waals surface area contributed by atoms with Crippen molar-refractivity contribution >= 4 is 0 Å². The van der Waals surface area contributed by atoms with Crippen molar-refractivity contribution in [1.29, 1.82) is 0 Å². The van der Waals surface area contributed by atoms with E-state index in [0.29, 0.717) is 23.7 Å². The Balaban J connectivity index is 1.58. The molecule has 0 aromatic heterocycles. The molecule has 2 saturated carbocycles. The van der Waals surface area contributed by atoms with Crippen molar-refractivity contribution in [3.63, 3.8) is 0 Å². The fourth-order valence-electron chi connectivity index (χ4n) is 6.39. The SMILES string of the molecule is CC(C)(CO)CCCCC1CCC(CCCC2CCC(CCCCC(C)(C)CO)C2O)C1O. The summed E-state index contributed by atoms with van der Waals surface area (Å²) in [7, 11) is 0. The van der Waals surface area contributed by atoms with Gasteiger partial charge in [-0.05, 0) is 98.7 Å². The van der Waals surface area contributed by atoms with Crippen LogP contribution in [-0.4, -0.2) is 45.8 Å². The second-order valence-corrected chi connectivity index (χ2v) is 13.2. The van der Waals surface area contributed by atoms with Gasteiger partial charge in [-0.3, -0.25) is 0 Å². The summed E-state index contributed by atoms with van der Waals surface area (Å²) in [6.07, 6.45) is 16.7. The molecule has 0 aromatic rings. The first kappa shape index (κ1) is 29.1. The summed E-state index contributed by atoms with van der Waals surface area (Å²) in [6.45, 7) is 8.99. The Labute approximate surface area is 204 Å². The molecule has 2 fully saturated rings. The average Bonchev–Trinajstić information content (AvgIpc) is 3.31. The first-order valence-electron chi connectivity index (χ1n) is 14.2. The maximum atomic E-state index is 10.8. The summed E-state index contributed by atoms with van der Waals surface area (Å²) in [5.74, 6) is 1.83. The molecule has 0 aliphatic heterocycles. The zero-order chi connectivity index (χ0) is 24.5. The van der Waals surface area contributed by atoms with Crippen LogP contribution in [0, 0.1) is 34.5 Å². The van der Waals surface area contributed by atoms with Crippen LogP contribution in [0.2, 0.25) is 0 Å². The Morgan fingerprint density at radius 2 is 0.818 bits per heavy atom. The molecule has 0 heterocycles. The number of hydrogen-bond donors (Lipinski definition) is 4. The van der Waals surface area contributed by atoms with Gasteiger partial charge in [0.1, 0.15) is 0 Å². The van der Waals surface area contributed by atoms with Crippen LogP contribution in [-0.2, 0) is 0 Å². The van der Waals surface area contributed by atoms with Crippen LogP contribution in [0.1, 0.15) is 124 Å². The zero-order valence-corrected chi connectivity index (χ0v) is 22.3. The molecule has 4 nitrogen and oxygen atoms in total. The first-order chi connectivity index (χ1) is 15.6. The van der Waals surface area contributed by atoms with Gasteiger partial charge >= 0.3 is 0 Å². The summed E-state index contributed by atoms with van der Waals surface area (Å²) in [5, 5.41) is 40.4. The lowest BCUT2D eigenvalue weighted by Gasteiger charge is -2.24. The maximum Gasteiger partial charge on any atom is 0.0596 e. The second kappa shape index (κ2) is 13.8. The molecule has 4 heteroatoms. The van der Waals surface area contributed by atoms with Crippen LogP contribution in [0.25, 0.3) is 0 Å². The fraction of sp³-hybridized carbons (Fsp3) is 1.00. The van der Waals surface area contributed by atoms with E-state index in [4.69, 9.17) is 0 Å². The minimum atomic E-state index is -0.139. The first-order valence-corrected chi connectivity index (χ1v) is 14.2. The van der Waals surface area contributed by atoms with Crippen LogP contribution in [0.15, 0.2) is 0 Å². The van der Waals surface area contributed by atoms with E-state index >= 15 is 0 Å². The van der Waals surface area contributed by atoms with Crippen LogP contribution in [0.3, 0.4) is 0 Å². The van der Waals surface area contributed by atoms with Crippen molar-refractivity contribution in [3.8, 4) is 0 Å². The third kappa shape index (κ3) is 9.78. The molecular weight excluding hydrogens is 412 g/mol. The van der Waals surface area contributed by atoms with Gasteiger partial charge in [0.2, 0.25) is 0 Å². The highest BCUT2D eigenvalue weighted by Gasteiger charge is 2.36. The highest BCUT2D eigenvalue weighted by molar-refractivity contribution is 4.87. The molecule has 0 amide bonds. The number of rotatable bonds is 16. The second-order valence-electron chi connectivity index (χ2n) is 13.2. The molecule has 2 aliphatic carbocycles. The lowest BCUT2D eigenvalue weighted by molar-refractivity contribution is 0.0699. The highest BCUT2D eigenvalue weighted by atomic mass is 16.3. The smallest absolute Gasteiger partial charge is 0.0596 e. The van der Waals surface area contributed by atoms with Crippen molar-refractivity contribution in [3.05, 3.63) is 0 Å². The van der Waals surface area contributed by atoms with Gasteiger partial charge in [0.15, 0.2) is 0 Å². The summed E-state index contributed by atoms with van der Waals surface area (Å²) < 4.78 is 0. The largest absolute Gasteiger partial charge is 0.396 e. The summed E-state index contributed by atoms with van der Waals surface area (Å²) in [6, 6.07) is 0.